The molecule has 1 saturated heterocycles. The molecule has 2 heterocycles. The van der Waals surface area contributed by atoms with Crippen molar-refractivity contribution in [2.24, 2.45) is 11.8 Å². The highest BCUT2D eigenvalue weighted by atomic mass is 32.1. The molecule has 6 heteroatoms. The van der Waals surface area contributed by atoms with Crippen LogP contribution in [0.4, 0.5) is 5.13 Å². The van der Waals surface area contributed by atoms with Gasteiger partial charge >= 0.3 is 0 Å². The maximum absolute atomic E-state index is 11.8. The maximum atomic E-state index is 11.8. The second-order valence-electron chi connectivity index (χ2n) is 5.19. The van der Waals surface area contributed by atoms with Crippen LogP contribution in [0, 0.1) is 5.92 Å². The van der Waals surface area contributed by atoms with Crippen molar-refractivity contribution >= 4 is 22.4 Å². The summed E-state index contributed by atoms with van der Waals surface area (Å²) in [5.41, 5.74) is 3.10. The predicted molar refractivity (Wildman–Crippen MR) is 78.4 cm³/mol. The van der Waals surface area contributed by atoms with Crippen LogP contribution in [0.2, 0.25) is 0 Å². The molecule has 0 spiro atoms. The molecule has 106 valence electrons. The number of nitrogens with two attached hydrogens (primary N) is 1. The second-order valence-corrected chi connectivity index (χ2v) is 6.17. The molecule has 2 rings (SSSR count). The lowest BCUT2D eigenvalue weighted by molar-refractivity contribution is 0.0956. The topological polar surface area (TPSA) is 71.2 Å². The van der Waals surface area contributed by atoms with E-state index in [1.807, 2.05) is 0 Å². The van der Waals surface area contributed by atoms with Crippen molar-refractivity contribution in [1.82, 2.24) is 10.4 Å². The summed E-state index contributed by atoms with van der Waals surface area (Å²) in [7, 11) is 0. The highest BCUT2D eigenvalue weighted by Crippen LogP contribution is 2.30. The van der Waals surface area contributed by atoms with Gasteiger partial charge < -0.3 is 4.90 Å². The molecule has 1 amide bonds. The number of rotatable bonds is 4. The number of nitrogen functional groups attached to an aromatic ring is 1. The van der Waals surface area contributed by atoms with Crippen LogP contribution in [0.3, 0.4) is 0 Å². The highest BCUT2D eigenvalue weighted by Gasteiger charge is 2.23. The van der Waals surface area contributed by atoms with Crippen LogP contribution in [-0.4, -0.2) is 24.0 Å². The van der Waals surface area contributed by atoms with Crippen molar-refractivity contribution in [3.8, 4) is 0 Å². The van der Waals surface area contributed by atoms with Crippen LogP contribution in [0.1, 0.15) is 48.5 Å². The van der Waals surface area contributed by atoms with Crippen LogP contribution in [-0.2, 0) is 6.42 Å². The SMILES string of the molecule is CCCc1nc(N2CCCC(C)C2)sc1C(=O)NN. The monoisotopic (exact) mass is 282 g/mol. The lowest BCUT2D eigenvalue weighted by atomic mass is 10.0. The third kappa shape index (κ3) is 3.25. The van der Waals surface area contributed by atoms with Crippen molar-refractivity contribution in [2.75, 3.05) is 18.0 Å². The minimum atomic E-state index is -0.225. The van der Waals surface area contributed by atoms with E-state index >= 15 is 0 Å². The van der Waals surface area contributed by atoms with Crippen LogP contribution < -0.4 is 16.2 Å². The number of hydrazine groups is 1. The number of carbonyl (C=O) groups excluding carboxylic acids is 1. The fraction of sp³-hybridized carbons (Fsp3) is 0.692. The fourth-order valence-electron chi connectivity index (χ4n) is 2.49. The first-order valence-electron chi connectivity index (χ1n) is 6.91. The van der Waals surface area contributed by atoms with E-state index in [4.69, 9.17) is 5.84 Å². The summed E-state index contributed by atoms with van der Waals surface area (Å²) >= 11 is 1.46. The number of aromatic nitrogens is 1. The zero-order chi connectivity index (χ0) is 13.8. The van der Waals surface area contributed by atoms with Gasteiger partial charge in [-0.3, -0.25) is 10.2 Å². The molecular formula is C13H22N4OS. The summed E-state index contributed by atoms with van der Waals surface area (Å²) in [5.74, 6) is 5.71. The maximum Gasteiger partial charge on any atom is 0.277 e. The molecule has 1 aliphatic rings. The van der Waals surface area contributed by atoms with Gasteiger partial charge in [0.1, 0.15) is 4.88 Å². The Bertz CT molecular complexity index is 446. The van der Waals surface area contributed by atoms with Crippen molar-refractivity contribution in [3.05, 3.63) is 10.6 Å². The van der Waals surface area contributed by atoms with Gasteiger partial charge in [-0.1, -0.05) is 31.6 Å². The molecule has 0 saturated carbocycles. The van der Waals surface area contributed by atoms with E-state index in [0.29, 0.717) is 10.8 Å². The number of piperidine rings is 1. The molecule has 1 aromatic heterocycles. The number of carbonyl (C=O) groups is 1. The first kappa shape index (κ1) is 14.3. The highest BCUT2D eigenvalue weighted by molar-refractivity contribution is 7.17. The standard InChI is InChI=1S/C13H22N4OS/c1-3-5-10-11(12(18)16-14)19-13(15-10)17-7-4-6-9(2)8-17/h9H,3-8,14H2,1-2H3,(H,16,18). The normalized spacial score (nSPS) is 19.5. The molecular weight excluding hydrogens is 260 g/mol. The number of anilines is 1. The Kier molecular flexibility index (Phi) is 4.76. The van der Waals surface area contributed by atoms with E-state index in [-0.39, 0.29) is 5.91 Å². The van der Waals surface area contributed by atoms with E-state index in [1.54, 1.807) is 0 Å². The quantitative estimate of drug-likeness (QED) is 0.503. The Balaban J connectivity index is 2.23. The molecule has 0 aliphatic carbocycles. The van der Waals surface area contributed by atoms with Gasteiger partial charge in [0.15, 0.2) is 5.13 Å². The summed E-state index contributed by atoms with van der Waals surface area (Å²) in [6, 6.07) is 0. The van der Waals surface area contributed by atoms with Crippen molar-refractivity contribution in [1.29, 1.82) is 0 Å². The van der Waals surface area contributed by atoms with Gasteiger partial charge in [-0.15, -0.1) is 0 Å². The smallest absolute Gasteiger partial charge is 0.277 e. The Hall–Kier alpha value is -1.14. The second kappa shape index (κ2) is 6.34. The number of nitrogens with one attached hydrogen (secondary N) is 1. The van der Waals surface area contributed by atoms with E-state index in [9.17, 15) is 4.79 Å². The molecule has 1 aromatic rings. The van der Waals surface area contributed by atoms with E-state index < -0.39 is 0 Å². The molecule has 0 radical (unpaired) electrons. The van der Waals surface area contributed by atoms with Gasteiger partial charge in [0.2, 0.25) is 0 Å². The Morgan fingerprint density at radius 3 is 3.05 bits per heavy atom. The fourth-order valence-corrected chi connectivity index (χ4v) is 3.54. The Morgan fingerprint density at radius 2 is 2.42 bits per heavy atom. The van der Waals surface area contributed by atoms with E-state index in [1.165, 1.54) is 24.2 Å². The minimum absolute atomic E-state index is 0.225. The number of thiazole rings is 1. The molecule has 0 aromatic carbocycles. The van der Waals surface area contributed by atoms with E-state index in [2.05, 4.69) is 29.2 Å². The van der Waals surface area contributed by atoms with Crippen molar-refractivity contribution in [2.45, 2.75) is 39.5 Å². The number of aryl methyl sites for hydroxylation is 1. The number of amides is 1. The van der Waals surface area contributed by atoms with E-state index in [0.717, 1.165) is 36.8 Å². The molecule has 1 atom stereocenters. The zero-order valence-corrected chi connectivity index (χ0v) is 12.4. The summed E-state index contributed by atoms with van der Waals surface area (Å²) in [5, 5.41) is 0.966. The van der Waals surface area contributed by atoms with Crippen LogP contribution >= 0.6 is 11.3 Å². The molecule has 19 heavy (non-hydrogen) atoms. The van der Waals surface area contributed by atoms with Gasteiger partial charge in [-0.05, 0) is 25.2 Å². The molecule has 1 aliphatic heterocycles. The largest absolute Gasteiger partial charge is 0.348 e. The Labute approximate surface area is 118 Å². The summed E-state index contributed by atoms with van der Waals surface area (Å²) in [6.45, 7) is 6.42. The van der Waals surface area contributed by atoms with Gasteiger partial charge in [-0.25, -0.2) is 10.8 Å². The summed E-state index contributed by atoms with van der Waals surface area (Å²) in [4.78, 5) is 19.4. The molecule has 3 N–H and O–H groups in total. The molecule has 0 bridgehead atoms. The lowest BCUT2D eigenvalue weighted by Gasteiger charge is -2.30. The van der Waals surface area contributed by atoms with Crippen LogP contribution in [0.15, 0.2) is 0 Å². The number of hydrogen-bond acceptors (Lipinski definition) is 5. The van der Waals surface area contributed by atoms with Gasteiger partial charge in [-0.2, -0.15) is 0 Å². The third-order valence-electron chi connectivity index (χ3n) is 3.44. The number of nitrogens with zero attached hydrogens (tertiary/aromatic N) is 2. The molecule has 1 unspecified atom stereocenters. The first-order valence-corrected chi connectivity index (χ1v) is 7.73. The Morgan fingerprint density at radius 1 is 1.63 bits per heavy atom. The predicted octanol–water partition coefficient (Wildman–Crippen LogP) is 1.94. The van der Waals surface area contributed by atoms with Gasteiger partial charge in [0.25, 0.3) is 5.91 Å². The molecule has 1 fully saturated rings. The molecule has 5 nitrogen and oxygen atoms in total. The zero-order valence-electron chi connectivity index (χ0n) is 11.6. The lowest BCUT2D eigenvalue weighted by Crippen LogP contribution is -2.34. The minimum Gasteiger partial charge on any atom is -0.348 e. The van der Waals surface area contributed by atoms with Crippen molar-refractivity contribution in [3.63, 3.8) is 0 Å². The van der Waals surface area contributed by atoms with Crippen LogP contribution in [0.5, 0.6) is 0 Å². The summed E-state index contributed by atoms with van der Waals surface area (Å²) in [6.07, 6.45) is 4.27. The first-order chi connectivity index (χ1) is 9.15. The van der Waals surface area contributed by atoms with Crippen LogP contribution in [0.25, 0.3) is 0 Å². The summed E-state index contributed by atoms with van der Waals surface area (Å²) < 4.78 is 0. The van der Waals surface area contributed by atoms with Gasteiger partial charge in [0.05, 0.1) is 5.69 Å². The van der Waals surface area contributed by atoms with Gasteiger partial charge in [0, 0.05) is 13.1 Å². The average Bonchev–Trinajstić information content (AvgIpc) is 2.82. The van der Waals surface area contributed by atoms with Crippen molar-refractivity contribution < 1.29 is 4.79 Å². The third-order valence-corrected chi connectivity index (χ3v) is 4.59. The average molecular weight is 282 g/mol. The number of hydrogen-bond donors (Lipinski definition) is 2.